The number of allylic oxidation sites excluding steroid dienone is 5. The third kappa shape index (κ3) is 4.06. The van der Waals surface area contributed by atoms with E-state index in [0.717, 1.165) is 41.2 Å². The topological polar surface area (TPSA) is 81.5 Å². The zero-order chi connectivity index (χ0) is 20.4. The number of anilines is 1. The Labute approximate surface area is 172 Å². The first-order valence-corrected chi connectivity index (χ1v) is 10.3. The van der Waals surface area contributed by atoms with E-state index in [0.29, 0.717) is 17.6 Å². The average molecular weight is 389 g/mol. The van der Waals surface area contributed by atoms with Crippen molar-refractivity contribution < 1.29 is 0 Å². The predicted molar refractivity (Wildman–Crippen MR) is 116 cm³/mol. The molecule has 1 aliphatic heterocycles. The Morgan fingerprint density at radius 1 is 1.24 bits per heavy atom. The molecule has 4 rings (SSSR count). The number of aromatic nitrogens is 4. The molecule has 29 heavy (non-hydrogen) atoms. The Hall–Kier alpha value is -3.02. The van der Waals surface area contributed by atoms with Gasteiger partial charge in [-0.25, -0.2) is 15.0 Å². The van der Waals surface area contributed by atoms with Crippen LogP contribution in [0.4, 0.5) is 5.95 Å². The molecule has 1 unspecified atom stereocenters. The lowest BCUT2D eigenvalue weighted by Gasteiger charge is -2.35. The van der Waals surface area contributed by atoms with Crippen LogP contribution in [0.2, 0.25) is 0 Å². The molecule has 0 radical (unpaired) electrons. The second-order valence-electron chi connectivity index (χ2n) is 7.83. The molecule has 0 bridgehead atoms. The number of nitrogens with zero attached hydrogens (tertiary/aromatic N) is 4. The molecule has 150 valence electrons. The van der Waals surface area contributed by atoms with Gasteiger partial charge in [0.1, 0.15) is 6.04 Å². The molecular weight excluding hydrogens is 360 g/mol. The lowest BCUT2D eigenvalue weighted by atomic mass is 9.96. The van der Waals surface area contributed by atoms with E-state index in [2.05, 4.69) is 32.9 Å². The highest BCUT2D eigenvalue weighted by Gasteiger charge is 2.34. The van der Waals surface area contributed by atoms with Crippen LogP contribution >= 0.6 is 0 Å². The SMILES string of the molecule is C\C=C/C=C(C)\C(C)=C\C(=N)C1c2nc[nH]c2CCN1c1nccc(C2CC2)n1. The minimum absolute atomic E-state index is 0.288. The fraction of sp³-hybridized carbons (Fsp3) is 0.391. The van der Waals surface area contributed by atoms with Gasteiger partial charge in [-0.1, -0.05) is 18.2 Å². The summed E-state index contributed by atoms with van der Waals surface area (Å²) in [4.78, 5) is 19.3. The molecule has 0 saturated heterocycles. The second kappa shape index (κ2) is 8.15. The van der Waals surface area contributed by atoms with Crippen LogP contribution in [0.25, 0.3) is 0 Å². The molecule has 1 saturated carbocycles. The molecule has 0 spiro atoms. The fourth-order valence-corrected chi connectivity index (χ4v) is 3.71. The maximum atomic E-state index is 8.91. The van der Waals surface area contributed by atoms with Crippen molar-refractivity contribution >= 4 is 11.7 Å². The molecular formula is C23H28N6. The number of nitrogens with one attached hydrogen (secondary N) is 2. The summed E-state index contributed by atoms with van der Waals surface area (Å²) < 4.78 is 0. The molecule has 2 aromatic heterocycles. The fourth-order valence-electron chi connectivity index (χ4n) is 3.71. The number of hydrogen-bond donors (Lipinski definition) is 2. The lowest BCUT2D eigenvalue weighted by molar-refractivity contribution is 0.649. The van der Waals surface area contributed by atoms with Crippen molar-refractivity contribution in [3.63, 3.8) is 0 Å². The first-order chi connectivity index (χ1) is 14.1. The highest BCUT2D eigenvalue weighted by Crippen LogP contribution is 2.40. The summed E-state index contributed by atoms with van der Waals surface area (Å²) in [5.74, 6) is 1.27. The van der Waals surface area contributed by atoms with Crippen LogP contribution in [0, 0.1) is 5.41 Å². The Bertz CT molecular complexity index is 992. The van der Waals surface area contributed by atoms with Crippen LogP contribution in [-0.2, 0) is 6.42 Å². The molecule has 2 N–H and O–H groups in total. The van der Waals surface area contributed by atoms with Crippen LogP contribution in [-0.4, -0.2) is 32.2 Å². The monoisotopic (exact) mass is 388 g/mol. The molecule has 2 aromatic rings. The highest BCUT2D eigenvalue weighted by molar-refractivity contribution is 6.00. The summed E-state index contributed by atoms with van der Waals surface area (Å²) >= 11 is 0. The zero-order valence-corrected chi connectivity index (χ0v) is 17.3. The molecule has 3 heterocycles. The van der Waals surface area contributed by atoms with Crippen LogP contribution in [0.5, 0.6) is 0 Å². The number of imidazole rings is 1. The summed E-state index contributed by atoms with van der Waals surface area (Å²) in [6.45, 7) is 6.88. The number of rotatable bonds is 6. The van der Waals surface area contributed by atoms with E-state index >= 15 is 0 Å². The third-order valence-electron chi connectivity index (χ3n) is 5.67. The van der Waals surface area contributed by atoms with E-state index in [9.17, 15) is 0 Å². The van der Waals surface area contributed by atoms with Gasteiger partial charge in [0.25, 0.3) is 0 Å². The molecule has 6 nitrogen and oxygen atoms in total. The van der Waals surface area contributed by atoms with Gasteiger partial charge in [0.15, 0.2) is 0 Å². The number of hydrogen-bond acceptors (Lipinski definition) is 5. The molecule has 2 aliphatic rings. The van der Waals surface area contributed by atoms with Crippen LogP contribution in [0.3, 0.4) is 0 Å². The van der Waals surface area contributed by atoms with Crippen molar-refractivity contribution in [2.24, 2.45) is 0 Å². The Morgan fingerprint density at radius 2 is 2.07 bits per heavy atom. The number of fused-ring (bicyclic) bond motifs is 1. The summed E-state index contributed by atoms with van der Waals surface area (Å²) in [7, 11) is 0. The smallest absolute Gasteiger partial charge is 0.226 e. The predicted octanol–water partition coefficient (Wildman–Crippen LogP) is 4.67. The summed E-state index contributed by atoms with van der Waals surface area (Å²) in [6, 6.07) is 1.73. The minimum atomic E-state index is -0.288. The normalized spacial score (nSPS) is 20.2. The Morgan fingerprint density at radius 3 is 2.83 bits per heavy atom. The van der Waals surface area contributed by atoms with E-state index in [-0.39, 0.29) is 6.04 Å². The van der Waals surface area contributed by atoms with Crippen molar-refractivity contribution in [3.8, 4) is 0 Å². The van der Waals surface area contributed by atoms with Gasteiger partial charge in [-0.05, 0) is 56.9 Å². The Kier molecular flexibility index (Phi) is 5.43. The van der Waals surface area contributed by atoms with E-state index < -0.39 is 0 Å². The van der Waals surface area contributed by atoms with Gasteiger partial charge in [-0.2, -0.15) is 0 Å². The molecule has 6 heteroatoms. The van der Waals surface area contributed by atoms with Crippen molar-refractivity contribution in [2.75, 3.05) is 11.4 Å². The van der Waals surface area contributed by atoms with Crippen molar-refractivity contribution in [2.45, 2.75) is 52.0 Å². The van der Waals surface area contributed by atoms with Gasteiger partial charge in [0.2, 0.25) is 5.95 Å². The standard InChI is InChI=1S/C23H28N6/c1-4-5-6-15(2)16(3)13-18(24)22-21-20(26-14-27-21)10-12-29(22)23-25-11-9-19(28-23)17-7-8-17/h4-6,9,11,13-14,17,22,24H,7-8,10,12H2,1-3H3,(H,26,27)/b5-4-,15-6-,16-13+,24-18?. The van der Waals surface area contributed by atoms with Crippen molar-refractivity contribution in [1.29, 1.82) is 5.41 Å². The molecule has 0 aromatic carbocycles. The van der Waals surface area contributed by atoms with E-state index in [1.807, 2.05) is 44.3 Å². The molecule has 1 fully saturated rings. The third-order valence-corrected chi connectivity index (χ3v) is 5.67. The van der Waals surface area contributed by atoms with Crippen LogP contribution in [0.15, 0.2) is 54.0 Å². The highest BCUT2D eigenvalue weighted by atomic mass is 15.3. The van der Waals surface area contributed by atoms with Gasteiger partial charge in [0.05, 0.1) is 17.7 Å². The van der Waals surface area contributed by atoms with Gasteiger partial charge < -0.3 is 15.3 Å². The minimum Gasteiger partial charge on any atom is -0.348 e. The van der Waals surface area contributed by atoms with Crippen LogP contribution in [0.1, 0.15) is 62.7 Å². The number of aromatic amines is 1. The Balaban J connectivity index is 1.69. The summed E-state index contributed by atoms with van der Waals surface area (Å²) in [5, 5.41) is 8.91. The maximum Gasteiger partial charge on any atom is 0.226 e. The maximum absolute atomic E-state index is 8.91. The van der Waals surface area contributed by atoms with Gasteiger partial charge in [0, 0.05) is 36.5 Å². The second-order valence-corrected chi connectivity index (χ2v) is 7.83. The van der Waals surface area contributed by atoms with E-state index in [4.69, 9.17) is 10.4 Å². The van der Waals surface area contributed by atoms with E-state index in [1.54, 1.807) is 6.33 Å². The van der Waals surface area contributed by atoms with Gasteiger partial charge in [-0.15, -0.1) is 0 Å². The summed E-state index contributed by atoms with van der Waals surface area (Å²) in [5.41, 5.74) is 5.84. The molecule has 1 aliphatic carbocycles. The summed E-state index contributed by atoms with van der Waals surface area (Å²) in [6.07, 6.45) is 14.9. The first kappa shape index (κ1) is 19.3. The molecule has 0 amide bonds. The molecule has 1 atom stereocenters. The van der Waals surface area contributed by atoms with Gasteiger partial charge in [-0.3, -0.25) is 0 Å². The van der Waals surface area contributed by atoms with E-state index in [1.165, 1.54) is 12.8 Å². The van der Waals surface area contributed by atoms with Crippen molar-refractivity contribution in [3.05, 3.63) is 71.1 Å². The largest absolute Gasteiger partial charge is 0.348 e. The zero-order valence-electron chi connectivity index (χ0n) is 17.3. The van der Waals surface area contributed by atoms with Crippen molar-refractivity contribution in [1.82, 2.24) is 19.9 Å². The van der Waals surface area contributed by atoms with Crippen LogP contribution < -0.4 is 4.90 Å². The average Bonchev–Trinajstić information content (AvgIpc) is 3.48. The number of H-pyrrole nitrogens is 1. The lowest BCUT2D eigenvalue weighted by Crippen LogP contribution is -2.40. The first-order valence-electron chi connectivity index (χ1n) is 10.3. The van der Waals surface area contributed by atoms with Gasteiger partial charge >= 0.3 is 0 Å². The quantitative estimate of drug-likeness (QED) is 0.556.